The Bertz CT molecular complexity index is 611. The zero-order valence-electron chi connectivity index (χ0n) is 17.9. The van der Waals surface area contributed by atoms with Gasteiger partial charge in [0.15, 0.2) is 0 Å². The van der Waals surface area contributed by atoms with Gasteiger partial charge >= 0.3 is 0 Å². The van der Waals surface area contributed by atoms with Crippen LogP contribution in [0.15, 0.2) is 12.1 Å². The molecule has 0 radical (unpaired) electrons. The van der Waals surface area contributed by atoms with Crippen LogP contribution in [0.5, 0.6) is 11.5 Å². The van der Waals surface area contributed by atoms with Crippen molar-refractivity contribution in [2.75, 3.05) is 13.2 Å². The highest BCUT2D eigenvalue weighted by molar-refractivity contribution is 14.1. The summed E-state index contributed by atoms with van der Waals surface area (Å²) < 4.78 is 13.2. The van der Waals surface area contributed by atoms with E-state index in [2.05, 4.69) is 79.7 Å². The van der Waals surface area contributed by atoms with Crippen LogP contribution in [0, 0.1) is 15.0 Å². The average Bonchev–Trinajstić information content (AvgIpc) is 2.61. The molecule has 152 valence electrons. The summed E-state index contributed by atoms with van der Waals surface area (Å²) >= 11 is 2.35. The Morgan fingerprint density at radius 3 is 1.89 bits per heavy atom. The summed E-state index contributed by atoms with van der Waals surface area (Å²) in [5.41, 5.74) is 4.44. The number of halogens is 1. The van der Waals surface area contributed by atoms with Gasteiger partial charge in [-0.3, -0.25) is 0 Å². The maximum absolute atomic E-state index is 6.09. The van der Waals surface area contributed by atoms with Gasteiger partial charge in [0.1, 0.15) is 19.6 Å². The third-order valence-electron chi connectivity index (χ3n) is 4.12. The molecule has 0 N–H and O–H groups in total. The number of unbranched alkanes of at least 4 members (excludes halogenated alkanes) is 6. The fourth-order valence-electron chi connectivity index (χ4n) is 2.54. The van der Waals surface area contributed by atoms with Crippen LogP contribution in [-0.4, -0.2) is 21.3 Å². The van der Waals surface area contributed by atoms with E-state index in [1.807, 2.05) is 0 Å². The number of rotatable bonds is 12. The zero-order chi connectivity index (χ0) is 20.1. The van der Waals surface area contributed by atoms with Crippen molar-refractivity contribution in [1.82, 2.24) is 0 Å². The summed E-state index contributed by atoms with van der Waals surface area (Å²) in [4.78, 5) is 0. The van der Waals surface area contributed by atoms with E-state index in [4.69, 9.17) is 9.47 Å². The molecule has 0 saturated carbocycles. The Labute approximate surface area is 182 Å². The lowest BCUT2D eigenvalue weighted by Gasteiger charge is -2.14. The Hall–Kier alpha value is -0.673. The van der Waals surface area contributed by atoms with Gasteiger partial charge in [0.25, 0.3) is 0 Å². The van der Waals surface area contributed by atoms with E-state index >= 15 is 0 Å². The van der Waals surface area contributed by atoms with Crippen LogP contribution in [-0.2, 0) is 0 Å². The number of ether oxygens (including phenoxy) is 2. The molecule has 0 amide bonds. The Morgan fingerprint density at radius 1 is 0.815 bits per heavy atom. The monoisotopic (exact) mass is 500 g/mol. The highest BCUT2D eigenvalue weighted by Crippen LogP contribution is 2.30. The van der Waals surface area contributed by atoms with E-state index in [1.54, 1.807) is 0 Å². The first-order valence-corrected chi connectivity index (χ1v) is 15.1. The highest BCUT2D eigenvalue weighted by Gasteiger charge is 2.12. The van der Waals surface area contributed by atoms with E-state index in [9.17, 15) is 0 Å². The maximum Gasteiger partial charge on any atom is 0.136 e. The van der Waals surface area contributed by atoms with Gasteiger partial charge in [-0.05, 0) is 41.5 Å². The lowest BCUT2D eigenvalue weighted by Crippen LogP contribution is -2.16. The first kappa shape index (κ1) is 24.4. The molecule has 0 aliphatic rings. The van der Waals surface area contributed by atoms with Crippen LogP contribution >= 0.6 is 22.6 Å². The zero-order valence-corrected chi connectivity index (χ0v) is 21.1. The van der Waals surface area contributed by atoms with E-state index < -0.39 is 8.07 Å². The largest absolute Gasteiger partial charge is 0.492 e. The van der Waals surface area contributed by atoms with Gasteiger partial charge in [0, 0.05) is 6.07 Å². The smallest absolute Gasteiger partial charge is 0.136 e. The molecule has 2 nitrogen and oxygen atoms in total. The van der Waals surface area contributed by atoms with Crippen molar-refractivity contribution in [3.05, 3.63) is 21.3 Å². The molecule has 1 aromatic rings. The molecule has 0 fully saturated rings. The van der Waals surface area contributed by atoms with Crippen molar-refractivity contribution in [3.8, 4) is 23.0 Å². The predicted octanol–water partition coefficient (Wildman–Crippen LogP) is 7.44. The first-order valence-electron chi connectivity index (χ1n) is 10.5. The fraction of sp³-hybridized carbons (Fsp3) is 0.652. The minimum Gasteiger partial charge on any atom is -0.492 e. The standard InChI is InChI=1S/C23H37IO2Si/c1-6-8-10-12-15-25-22-19-21(24)23(26-16-13-11-9-7-2)18-20(22)14-17-27(3,4)5/h18-19H,6-13,15-16H2,1-5H3. The van der Waals surface area contributed by atoms with Crippen molar-refractivity contribution in [2.45, 2.75) is 84.9 Å². The maximum atomic E-state index is 6.09. The van der Waals surface area contributed by atoms with E-state index in [-0.39, 0.29) is 0 Å². The summed E-state index contributed by atoms with van der Waals surface area (Å²) in [5.74, 6) is 5.23. The van der Waals surface area contributed by atoms with Crippen molar-refractivity contribution in [2.24, 2.45) is 0 Å². The lowest BCUT2D eigenvalue weighted by molar-refractivity contribution is 0.294. The molecule has 1 aromatic carbocycles. The van der Waals surface area contributed by atoms with Gasteiger partial charge in [-0.25, -0.2) is 0 Å². The van der Waals surface area contributed by atoms with Gasteiger partial charge in [-0.1, -0.05) is 77.9 Å². The van der Waals surface area contributed by atoms with Crippen molar-refractivity contribution in [3.63, 3.8) is 0 Å². The van der Waals surface area contributed by atoms with E-state index in [0.717, 1.165) is 46.7 Å². The van der Waals surface area contributed by atoms with Crippen molar-refractivity contribution >= 4 is 30.7 Å². The van der Waals surface area contributed by atoms with Crippen molar-refractivity contribution < 1.29 is 9.47 Å². The Balaban J connectivity index is 2.86. The molecule has 0 heterocycles. The minimum absolute atomic E-state index is 0.759. The molecule has 0 bridgehead atoms. The van der Waals surface area contributed by atoms with E-state index in [1.165, 1.54) is 38.5 Å². The van der Waals surface area contributed by atoms with Crippen LogP contribution in [0.2, 0.25) is 19.6 Å². The number of benzene rings is 1. The normalized spacial score (nSPS) is 11.0. The van der Waals surface area contributed by atoms with Crippen LogP contribution in [0.25, 0.3) is 0 Å². The third kappa shape index (κ3) is 11.0. The molecule has 27 heavy (non-hydrogen) atoms. The second kappa shape index (κ2) is 13.5. The molecule has 0 unspecified atom stereocenters. The van der Waals surface area contributed by atoms with Crippen LogP contribution < -0.4 is 9.47 Å². The molecule has 4 heteroatoms. The molecule has 0 aliphatic carbocycles. The summed E-state index contributed by atoms with van der Waals surface area (Å²) in [5, 5.41) is 0. The van der Waals surface area contributed by atoms with Gasteiger partial charge in [0.2, 0.25) is 0 Å². The molecular weight excluding hydrogens is 463 g/mol. The molecule has 0 aliphatic heterocycles. The van der Waals surface area contributed by atoms with Gasteiger partial charge < -0.3 is 9.47 Å². The quantitative estimate of drug-likeness (QED) is 0.129. The van der Waals surface area contributed by atoms with Gasteiger partial charge in [-0.2, -0.15) is 0 Å². The first-order chi connectivity index (χ1) is 12.9. The SMILES string of the molecule is CCCCCCOc1cc(C#C[Si](C)(C)C)c(OCCCCCC)cc1I. The van der Waals surface area contributed by atoms with Crippen LogP contribution in [0.3, 0.4) is 0 Å². The summed E-state index contributed by atoms with van der Waals surface area (Å²) in [6.45, 7) is 12.8. The lowest BCUT2D eigenvalue weighted by atomic mass is 10.2. The third-order valence-corrected chi connectivity index (χ3v) is 5.84. The average molecular weight is 501 g/mol. The van der Waals surface area contributed by atoms with Crippen LogP contribution in [0.1, 0.15) is 70.8 Å². The molecule has 0 aromatic heterocycles. The molecule has 0 saturated heterocycles. The number of hydrogen-bond donors (Lipinski definition) is 0. The summed E-state index contributed by atoms with van der Waals surface area (Å²) in [6.07, 6.45) is 9.70. The second-order valence-electron chi connectivity index (χ2n) is 8.10. The Kier molecular flexibility index (Phi) is 12.2. The van der Waals surface area contributed by atoms with E-state index in [0.29, 0.717) is 0 Å². The van der Waals surface area contributed by atoms with Gasteiger partial charge in [0.05, 0.1) is 22.3 Å². The molecule has 0 atom stereocenters. The summed E-state index contributed by atoms with van der Waals surface area (Å²) in [7, 11) is -1.44. The summed E-state index contributed by atoms with van der Waals surface area (Å²) in [6, 6.07) is 4.17. The predicted molar refractivity (Wildman–Crippen MR) is 129 cm³/mol. The molecular formula is C23H37IO2Si. The highest BCUT2D eigenvalue weighted by atomic mass is 127. The van der Waals surface area contributed by atoms with Crippen molar-refractivity contribution in [1.29, 1.82) is 0 Å². The van der Waals surface area contributed by atoms with Gasteiger partial charge in [-0.15, -0.1) is 5.54 Å². The Morgan fingerprint density at radius 2 is 1.37 bits per heavy atom. The number of hydrogen-bond acceptors (Lipinski definition) is 2. The van der Waals surface area contributed by atoms with Crippen LogP contribution in [0.4, 0.5) is 0 Å². The molecule has 0 spiro atoms. The topological polar surface area (TPSA) is 18.5 Å². The minimum atomic E-state index is -1.44. The molecule has 1 rings (SSSR count). The second-order valence-corrected chi connectivity index (χ2v) is 14.0. The fourth-order valence-corrected chi connectivity index (χ4v) is 3.64.